The van der Waals surface area contributed by atoms with Crippen molar-refractivity contribution < 1.29 is 9.90 Å². The first-order valence-corrected chi connectivity index (χ1v) is 5.22. The number of benzene rings is 1. The Morgan fingerprint density at radius 2 is 2.33 bits per heavy atom. The van der Waals surface area contributed by atoms with Crippen LogP contribution in [-0.4, -0.2) is 28.6 Å². The summed E-state index contributed by atoms with van der Waals surface area (Å²) in [5.41, 5.74) is 1.52. The molecule has 1 aliphatic rings. The van der Waals surface area contributed by atoms with Crippen LogP contribution in [0.4, 0.5) is 0 Å². The number of nitrogens with zero attached hydrogens (tertiary/aromatic N) is 1. The van der Waals surface area contributed by atoms with Crippen molar-refractivity contribution in [2.24, 2.45) is 0 Å². The molecular weight excluding hydrogens is 214 g/mol. The van der Waals surface area contributed by atoms with Crippen molar-refractivity contribution in [3.8, 4) is 0 Å². The van der Waals surface area contributed by atoms with Crippen molar-refractivity contribution in [3.05, 3.63) is 34.3 Å². The van der Waals surface area contributed by atoms with Crippen LogP contribution in [0.15, 0.2) is 18.2 Å². The molecule has 0 fully saturated rings. The highest BCUT2D eigenvalue weighted by molar-refractivity contribution is 6.34. The van der Waals surface area contributed by atoms with E-state index in [0.29, 0.717) is 23.7 Å². The second-order valence-electron chi connectivity index (χ2n) is 3.81. The Bertz CT molecular complexity index is 404. The fraction of sp³-hybridized carbons (Fsp3) is 0.364. The van der Waals surface area contributed by atoms with E-state index in [9.17, 15) is 9.90 Å². The summed E-state index contributed by atoms with van der Waals surface area (Å²) in [6.45, 7) is 2.56. The van der Waals surface area contributed by atoms with Crippen LogP contribution >= 0.6 is 11.6 Å². The van der Waals surface area contributed by atoms with E-state index in [1.54, 1.807) is 17.9 Å². The van der Waals surface area contributed by atoms with Crippen LogP contribution in [0.25, 0.3) is 0 Å². The van der Waals surface area contributed by atoms with E-state index >= 15 is 0 Å². The van der Waals surface area contributed by atoms with Crippen molar-refractivity contribution in [1.29, 1.82) is 0 Å². The zero-order valence-electron chi connectivity index (χ0n) is 8.40. The minimum Gasteiger partial charge on any atom is -0.392 e. The quantitative estimate of drug-likeness (QED) is 0.832. The molecule has 0 aliphatic carbocycles. The van der Waals surface area contributed by atoms with Gasteiger partial charge in [-0.2, -0.15) is 0 Å². The fourth-order valence-electron chi connectivity index (χ4n) is 1.84. The molecule has 0 bridgehead atoms. The number of amides is 1. The van der Waals surface area contributed by atoms with E-state index in [-0.39, 0.29) is 5.91 Å². The Balaban J connectivity index is 2.30. The molecule has 0 aromatic heterocycles. The summed E-state index contributed by atoms with van der Waals surface area (Å²) in [7, 11) is 0. The van der Waals surface area contributed by atoms with Gasteiger partial charge in [0.05, 0.1) is 16.7 Å². The normalized spacial score (nSPS) is 16.7. The Labute approximate surface area is 93.3 Å². The maximum Gasteiger partial charge on any atom is 0.256 e. The smallest absolute Gasteiger partial charge is 0.256 e. The molecule has 1 aliphatic heterocycles. The zero-order chi connectivity index (χ0) is 11.0. The van der Waals surface area contributed by atoms with Gasteiger partial charge in [0.2, 0.25) is 0 Å². The molecule has 0 spiro atoms. The van der Waals surface area contributed by atoms with E-state index in [2.05, 4.69) is 0 Å². The average Bonchev–Trinajstić information content (AvgIpc) is 2.44. The van der Waals surface area contributed by atoms with Gasteiger partial charge in [-0.15, -0.1) is 0 Å². The SMILES string of the molecule is CC(O)CN1Cc2cccc(Cl)c2C1=O. The molecule has 80 valence electrons. The van der Waals surface area contributed by atoms with Crippen LogP contribution in [0, 0.1) is 0 Å². The van der Waals surface area contributed by atoms with Gasteiger partial charge in [-0.1, -0.05) is 23.7 Å². The van der Waals surface area contributed by atoms with Gasteiger partial charge in [0.25, 0.3) is 5.91 Å². The third kappa shape index (κ3) is 1.85. The zero-order valence-corrected chi connectivity index (χ0v) is 9.16. The predicted octanol–water partition coefficient (Wildman–Crippen LogP) is 1.68. The molecule has 1 aromatic carbocycles. The Morgan fingerprint density at radius 3 is 2.93 bits per heavy atom. The van der Waals surface area contributed by atoms with Crippen molar-refractivity contribution in [3.63, 3.8) is 0 Å². The third-order valence-electron chi connectivity index (χ3n) is 2.45. The average molecular weight is 226 g/mol. The number of hydrogen-bond donors (Lipinski definition) is 1. The summed E-state index contributed by atoms with van der Waals surface area (Å²) < 4.78 is 0. The minimum atomic E-state index is -0.512. The highest BCUT2D eigenvalue weighted by Crippen LogP contribution is 2.28. The van der Waals surface area contributed by atoms with Crippen LogP contribution in [0.5, 0.6) is 0 Å². The standard InChI is InChI=1S/C11H12ClNO2/c1-7(14)5-13-6-8-3-2-4-9(12)10(8)11(13)15/h2-4,7,14H,5-6H2,1H3. The van der Waals surface area contributed by atoms with Crippen molar-refractivity contribution in [2.45, 2.75) is 19.6 Å². The van der Waals surface area contributed by atoms with E-state index in [1.807, 2.05) is 12.1 Å². The second kappa shape index (κ2) is 3.83. The minimum absolute atomic E-state index is 0.0866. The maximum absolute atomic E-state index is 11.9. The number of carbonyl (C=O) groups is 1. The lowest BCUT2D eigenvalue weighted by Crippen LogP contribution is -2.31. The number of halogens is 1. The summed E-state index contributed by atoms with van der Waals surface area (Å²) in [6, 6.07) is 5.44. The van der Waals surface area contributed by atoms with E-state index in [4.69, 9.17) is 11.6 Å². The molecule has 1 aromatic rings. The van der Waals surface area contributed by atoms with Crippen LogP contribution < -0.4 is 0 Å². The topological polar surface area (TPSA) is 40.5 Å². The molecule has 3 nitrogen and oxygen atoms in total. The Kier molecular flexibility index (Phi) is 2.67. The van der Waals surface area contributed by atoms with Gasteiger partial charge in [0.1, 0.15) is 0 Å². The molecule has 15 heavy (non-hydrogen) atoms. The summed E-state index contributed by atoms with van der Waals surface area (Å²) in [4.78, 5) is 13.5. The molecule has 1 amide bonds. The number of carbonyl (C=O) groups excluding carboxylic acids is 1. The molecule has 2 rings (SSSR count). The number of fused-ring (bicyclic) bond motifs is 1. The predicted molar refractivity (Wildman–Crippen MR) is 57.9 cm³/mol. The summed E-state index contributed by atoms with van der Waals surface area (Å²) in [6.07, 6.45) is -0.512. The van der Waals surface area contributed by atoms with Gasteiger partial charge in [0.15, 0.2) is 0 Å². The van der Waals surface area contributed by atoms with Gasteiger partial charge >= 0.3 is 0 Å². The lowest BCUT2D eigenvalue weighted by molar-refractivity contribution is 0.0672. The van der Waals surface area contributed by atoms with E-state index in [1.165, 1.54) is 0 Å². The molecule has 0 saturated carbocycles. The Hall–Kier alpha value is -1.06. The molecule has 1 unspecified atom stereocenters. The molecule has 4 heteroatoms. The number of rotatable bonds is 2. The molecule has 1 atom stereocenters. The Morgan fingerprint density at radius 1 is 1.60 bits per heavy atom. The third-order valence-corrected chi connectivity index (χ3v) is 2.76. The molecule has 1 N–H and O–H groups in total. The van der Waals surface area contributed by atoms with Crippen LogP contribution in [-0.2, 0) is 6.54 Å². The lowest BCUT2D eigenvalue weighted by atomic mass is 10.1. The van der Waals surface area contributed by atoms with E-state index in [0.717, 1.165) is 5.56 Å². The van der Waals surface area contributed by atoms with Gasteiger partial charge < -0.3 is 10.0 Å². The first kappa shape index (κ1) is 10.5. The largest absolute Gasteiger partial charge is 0.392 e. The number of β-amino-alcohol motifs (C(OH)–C–C–N with tert-alkyl or cyclic N) is 1. The summed E-state index contributed by atoms with van der Waals surface area (Å²) in [5, 5.41) is 9.74. The van der Waals surface area contributed by atoms with Gasteiger partial charge in [0, 0.05) is 13.1 Å². The lowest BCUT2D eigenvalue weighted by Gasteiger charge is -2.17. The van der Waals surface area contributed by atoms with Crippen LogP contribution in [0.2, 0.25) is 5.02 Å². The van der Waals surface area contributed by atoms with Gasteiger partial charge in [-0.05, 0) is 18.6 Å². The summed E-state index contributed by atoms with van der Waals surface area (Å²) >= 11 is 5.96. The molecule has 0 saturated heterocycles. The fourth-order valence-corrected chi connectivity index (χ4v) is 2.12. The van der Waals surface area contributed by atoms with Crippen LogP contribution in [0.3, 0.4) is 0 Å². The number of aliphatic hydroxyl groups excluding tert-OH is 1. The van der Waals surface area contributed by atoms with Crippen molar-refractivity contribution >= 4 is 17.5 Å². The maximum atomic E-state index is 11.9. The van der Waals surface area contributed by atoms with Crippen LogP contribution in [0.1, 0.15) is 22.8 Å². The molecule has 1 heterocycles. The molecule has 0 radical (unpaired) electrons. The second-order valence-corrected chi connectivity index (χ2v) is 4.22. The summed E-state index contributed by atoms with van der Waals surface area (Å²) in [5.74, 6) is -0.0866. The van der Waals surface area contributed by atoms with Gasteiger partial charge in [-0.3, -0.25) is 4.79 Å². The molecular formula is C11H12ClNO2. The van der Waals surface area contributed by atoms with Crippen molar-refractivity contribution in [1.82, 2.24) is 4.90 Å². The first-order valence-electron chi connectivity index (χ1n) is 4.84. The van der Waals surface area contributed by atoms with Gasteiger partial charge in [-0.25, -0.2) is 0 Å². The monoisotopic (exact) mass is 225 g/mol. The first-order chi connectivity index (χ1) is 7.09. The highest BCUT2D eigenvalue weighted by atomic mass is 35.5. The number of aliphatic hydroxyl groups is 1. The van der Waals surface area contributed by atoms with E-state index < -0.39 is 6.10 Å². The number of hydrogen-bond acceptors (Lipinski definition) is 2. The highest BCUT2D eigenvalue weighted by Gasteiger charge is 2.29. The van der Waals surface area contributed by atoms with Crippen molar-refractivity contribution in [2.75, 3.05) is 6.54 Å².